The van der Waals surface area contributed by atoms with Gasteiger partial charge in [-0.1, -0.05) is 12.8 Å². The SMILES string of the molecule is O=C(NC1CCOC1)N1CCCCCC1CO. The maximum Gasteiger partial charge on any atom is 0.318 e. The molecule has 0 aliphatic carbocycles. The van der Waals surface area contributed by atoms with Crippen LogP contribution in [0.4, 0.5) is 4.79 Å². The van der Waals surface area contributed by atoms with E-state index in [2.05, 4.69) is 5.32 Å². The fraction of sp³-hybridized carbons (Fsp3) is 0.917. The van der Waals surface area contributed by atoms with Crippen molar-refractivity contribution < 1.29 is 14.6 Å². The van der Waals surface area contributed by atoms with Gasteiger partial charge in [0.05, 0.1) is 25.3 Å². The molecule has 2 atom stereocenters. The summed E-state index contributed by atoms with van der Waals surface area (Å²) in [5.74, 6) is 0. The van der Waals surface area contributed by atoms with E-state index >= 15 is 0 Å². The third-order valence-corrected chi connectivity index (χ3v) is 3.61. The molecule has 2 N–H and O–H groups in total. The average molecular weight is 242 g/mol. The van der Waals surface area contributed by atoms with Crippen molar-refractivity contribution in [3.05, 3.63) is 0 Å². The van der Waals surface area contributed by atoms with Crippen molar-refractivity contribution in [2.45, 2.75) is 44.2 Å². The number of nitrogens with one attached hydrogen (secondary N) is 1. The van der Waals surface area contributed by atoms with Crippen molar-refractivity contribution in [3.8, 4) is 0 Å². The number of carbonyl (C=O) groups excluding carboxylic acids is 1. The highest BCUT2D eigenvalue weighted by molar-refractivity contribution is 5.75. The second-order valence-corrected chi connectivity index (χ2v) is 4.89. The first kappa shape index (κ1) is 12.6. The molecule has 2 fully saturated rings. The largest absolute Gasteiger partial charge is 0.394 e. The summed E-state index contributed by atoms with van der Waals surface area (Å²) in [6.07, 6.45) is 5.08. The second-order valence-electron chi connectivity index (χ2n) is 4.89. The van der Waals surface area contributed by atoms with Gasteiger partial charge in [-0.25, -0.2) is 4.79 Å². The van der Waals surface area contributed by atoms with Gasteiger partial charge in [0.25, 0.3) is 0 Å². The van der Waals surface area contributed by atoms with Gasteiger partial charge in [-0.15, -0.1) is 0 Å². The molecule has 98 valence electrons. The minimum Gasteiger partial charge on any atom is -0.394 e. The summed E-state index contributed by atoms with van der Waals surface area (Å²) in [6, 6.07) is 0.0892. The molecule has 17 heavy (non-hydrogen) atoms. The van der Waals surface area contributed by atoms with Crippen LogP contribution in [0.2, 0.25) is 0 Å². The van der Waals surface area contributed by atoms with E-state index in [-0.39, 0.29) is 24.7 Å². The van der Waals surface area contributed by atoms with Crippen LogP contribution in [0.5, 0.6) is 0 Å². The molecule has 0 spiro atoms. The maximum atomic E-state index is 12.1. The van der Waals surface area contributed by atoms with Crippen LogP contribution in [0.15, 0.2) is 0 Å². The van der Waals surface area contributed by atoms with E-state index in [0.717, 1.165) is 45.3 Å². The first-order valence-corrected chi connectivity index (χ1v) is 6.57. The zero-order valence-corrected chi connectivity index (χ0v) is 10.2. The fourth-order valence-electron chi connectivity index (χ4n) is 2.54. The molecule has 0 aromatic rings. The monoisotopic (exact) mass is 242 g/mol. The Labute approximate surface area is 102 Å². The molecular weight excluding hydrogens is 220 g/mol. The molecule has 2 unspecified atom stereocenters. The summed E-state index contributed by atoms with van der Waals surface area (Å²) >= 11 is 0. The van der Waals surface area contributed by atoms with Crippen molar-refractivity contribution >= 4 is 6.03 Å². The van der Waals surface area contributed by atoms with Crippen molar-refractivity contribution in [2.75, 3.05) is 26.4 Å². The van der Waals surface area contributed by atoms with Gasteiger partial charge in [0.2, 0.25) is 0 Å². The summed E-state index contributed by atoms with van der Waals surface area (Å²) in [4.78, 5) is 13.9. The van der Waals surface area contributed by atoms with Gasteiger partial charge in [0.1, 0.15) is 0 Å². The summed E-state index contributed by atoms with van der Waals surface area (Å²) in [5.41, 5.74) is 0. The lowest BCUT2D eigenvalue weighted by molar-refractivity contribution is 0.130. The van der Waals surface area contributed by atoms with E-state index in [9.17, 15) is 9.90 Å². The highest BCUT2D eigenvalue weighted by atomic mass is 16.5. The van der Waals surface area contributed by atoms with E-state index in [4.69, 9.17) is 4.74 Å². The molecule has 2 heterocycles. The minimum absolute atomic E-state index is 0.0141. The normalized spacial score (nSPS) is 30.1. The second kappa shape index (κ2) is 6.21. The van der Waals surface area contributed by atoms with Gasteiger partial charge in [-0.2, -0.15) is 0 Å². The smallest absolute Gasteiger partial charge is 0.318 e. The van der Waals surface area contributed by atoms with Crippen LogP contribution in [0.25, 0.3) is 0 Å². The molecule has 0 radical (unpaired) electrons. The number of hydrogen-bond acceptors (Lipinski definition) is 3. The summed E-state index contributed by atoms with van der Waals surface area (Å²) in [7, 11) is 0. The number of carbonyl (C=O) groups is 1. The summed E-state index contributed by atoms with van der Waals surface area (Å²) in [6.45, 7) is 2.16. The lowest BCUT2D eigenvalue weighted by Gasteiger charge is -2.29. The highest BCUT2D eigenvalue weighted by Gasteiger charge is 2.27. The predicted molar refractivity (Wildman–Crippen MR) is 63.8 cm³/mol. The maximum absolute atomic E-state index is 12.1. The molecule has 0 aromatic carbocycles. The lowest BCUT2D eigenvalue weighted by atomic mass is 10.1. The number of hydrogen-bond donors (Lipinski definition) is 2. The molecule has 0 saturated carbocycles. The Morgan fingerprint density at radius 3 is 2.94 bits per heavy atom. The quantitative estimate of drug-likeness (QED) is 0.750. The van der Waals surface area contributed by atoms with Gasteiger partial charge in [0.15, 0.2) is 0 Å². The molecule has 0 bridgehead atoms. The van der Waals surface area contributed by atoms with Gasteiger partial charge in [-0.05, 0) is 19.3 Å². The third-order valence-electron chi connectivity index (χ3n) is 3.61. The molecule has 2 rings (SSSR count). The Morgan fingerprint density at radius 2 is 2.24 bits per heavy atom. The van der Waals surface area contributed by atoms with E-state index in [1.54, 1.807) is 4.90 Å². The third kappa shape index (κ3) is 3.33. The van der Waals surface area contributed by atoms with Crippen molar-refractivity contribution in [1.82, 2.24) is 10.2 Å². The van der Waals surface area contributed by atoms with Crippen LogP contribution in [0, 0.1) is 0 Å². The van der Waals surface area contributed by atoms with Gasteiger partial charge in [-0.3, -0.25) is 0 Å². The number of ether oxygens (including phenoxy) is 1. The van der Waals surface area contributed by atoms with E-state index in [0.29, 0.717) is 6.61 Å². The first-order valence-electron chi connectivity index (χ1n) is 6.57. The zero-order valence-electron chi connectivity index (χ0n) is 10.2. The Balaban J connectivity index is 1.89. The van der Waals surface area contributed by atoms with E-state index < -0.39 is 0 Å². The molecule has 2 aliphatic rings. The highest BCUT2D eigenvalue weighted by Crippen LogP contribution is 2.17. The number of amides is 2. The lowest BCUT2D eigenvalue weighted by Crippen LogP contribution is -2.50. The number of aliphatic hydroxyl groups is 1. The van der Waals surface area contributed by atoms with Gasteiger partial charge < -0.3 is 20.1 Å². The van der Waals surface area contributed by atoms with Crippen LogP contribution in [0.3, 0.4) is 0 Å². The number of aliphatic hydroxyl groups excluding tert-OH is 1. The number of nitrogens with zero attached hydrogens (tertiary/aromatic N) is 1. The Morgan fingerprint density at radius 1 is 1.35 bits per heavy atom. The van der Waals surface area contributed by atoms with Crippen molar-refractivity contribution in [2.24, 2.45) is 0 Å². The summed E-state index contributed by atoms with van der Waals surface area (Å²) < 4.78 is 5.24. The van der Waals surface area contributed by atoms with Gasteiger partial charge >= 0.3 is 6.03 Å². The fourth-order valence-corrected chi connectivity index (χ4v) is 2.54. The molecule has 5 heteroatoms. The topological polar surface area (TPSA) is 61.8 Å². The minimum atomic E-state index is -0.0403. The average Bonchev–Trinajstić information content (AvgIpc) is 2.71. The zero-order chi connectivity index (χ0) is 12.1. The predicted octanol–water partition coefficient (Wildman–Crippen LogP) is 0.722. The molecule has 0 aromatic heterocycles. The van der Waals surface area contributed by atoms with Crippen LogP contribution in [-0.2, 0) is 4.74 Å². The Hall–Kier alpha value is -0.810. The van der Waals surface area contributed by atoms with Gasteiger partial charge in [0, 0.05) is 13.2 Å². The van der Waals surface area contributed by atoms with Crippen LogP contribution in [-0.4, -0.2) is 54.5 Å². The van der Waals surface area contributed by atoms with E-state index in [1.807, 2.05) is 0 Å². The molecule has 2 aliphatic heterocycles. The standard InChI is InChI=1S/C12H22N2O3/c15-8-11-4-2-1-3-6-14(11)12(16)13-10-5-7-17-9-10/h10-11,15H,1-9H2,(H,13,16). The van der Waals surface area contributed by atoms with E-state index in [1.165, 1.54) is 0 Å². The summed E-state index contributed by atoms with van der Waals surface area (Å²) in [5, 5.41) is 12.3. The number of likely N-dealkylation sites (tertiary alicyclic amines) is 1. The van der Waals surface area contributed by atoms with Crippen LogP contribution in [0.1, 0.15) is 32.1 Å². The van der Waals surface area contributed by atoms with Crippen LogP contribution < -0.4 is 5.32 Å². The van der Waals surface area contributed by atoms with Crippen LogP contribution >= 0.6 is 0 Å². The first-order chi connectivity index (χ1) is 8.31. The molecular formula is C12H22N2O3. The number of rotatable bonds is 2. The molecule has 2 saturated heterocycles. The van der Waals surface area contributed by atoms with Crippen molar-refractivity contribution in [1.29, 1.82) is 0 Å². The number of urea groups is 1. The molecule has 5 nitrogen and oxygen atoms in total. The molecule has 2 amide bonds. The van der Waals surface area contributed by atoms with Crippen molar-refractivity contribution in [3.63, 3.8) is 0 Å². The Bertz CT molecular complexity index is 254. The Kier molecular flexibility index (Phi) is 4.62.